The van der Waals surface area contributed by atoms with Crippen molar-refractivity contribution in [2.45, 2.75) is 64.2 Å². The Kier molecular flexibility index (Phi) is 2.86. The number of aryl methyl sites for hydroxylation is 1. The zero-order valence-electron chi connectivity index (χ0n) is 11.9. The summed E-state index contributed by atoms with van der Waals surface area (Å²) in [6.07, 6.45) is 11.6. The zero-order chi connectivity index (χ0) is 13.6. The minimum Gasteiger partial charge on any atom is -0.359 e. The molecule has 2 saturated carbocycles. The summed E-state index contributed by atoms with van der Waals surface area (Å²) >= 11 is 0. The van der Waals surface area contributed by atoms with Crippen LogP contribution in [0.25, 0.3) is 0 Å². The van der Waals surface area contributed by atoms with Gasteiger partial charge in [-0.25, -0.2) is 0 Å². The molecule has 1 spiro atoms. The minimum atomic E-state index is 0.155. The lowest BCUT2D eigenvalue weighted by molar-refractivity contribution is -0.121. The van der Waals surface area contributed by atoms with E-state index in [4.69, 9.17) is 4.52 Å². The Bertz CT molecular complexity index is 521. The molecule has 0 bridgehead atoms. The summed E-state index contributed by atoms with van der Waals surface area (Å²) in [5.74, 6) is 2.00. The molecule has 1 aromatic heterocycles. The number of anilines is 1. The highest BCUT2D eigenvalue weighted by atomic mass is 16.5. The van der Waals surface area contributed by atoms with Gasteiger partial charge in [0, 0.05) is 17.9 Å². The lowest BCUT2D eigenvalue weighted by Crippen LogP contribution is -2.28. The van der Waals surface area contributed by atoms with Crippen LogP contribution in [0.4, 0.5) is 5.82 Å². The highest BCUT2D eigenvalue weighted by molar-refractivity contribution is 5.92. The van der Waals surface area contributed by atoms with Gasteiger partial charge >= 0.3 is 0 Å². The van der Waals surface area contributed by atoms with Crippen molar-refractivity contribution in [1.29, 1.82) is 0 Å². The van der Waals surface area contributed by atoms with Crippen LogP contribution in [0.2, 0.25) is 0 Å². The summed E-state index contributed by atoms with van der Waals surface area (Å²) in [5.41, 5.74) is 1.78. The molecule has 3 aliphatic rings. The predicted molar refractivity (Wildman–Crippen MR) is 75.4 cm³/mol. The first-order valence-corrected chi connectivity index (χ1v) is 8.04. The number of nitrogens with zero attached hydrogens (tertiary/aromatic N) is 1. The first-order valence-electron chi connectivity index (χ1n) is 8.04. The fourth-order valence-electron chi connectivity index (χ4n) is 3.87. The monoisotopic (exact) mass is 274 g/mol. The maximum absolute atomic E-state index is 12.4. The Labute approximate surface area is 119 Å². The highest BCUT2D eigenvalue weighted by Crippen LogP contribution is 2.57. The molecule has 4 nitrogen and oxygen atoms in total. The van der Waals surface area contributed by atoms with Crippen molar-refractivity contribution in [2.75, 3.05) is 5.32 Å². The van der Waals surface area contributed by atoms with Crippen LogP contribution in [0.5, 0.6) is 0 Å². The van der Waals surface area contributed by atoms with Crippen LogP contribution < -0.4 is 5.32 Å². The number of carbonyl (C=O) groups is 1. The fourth-order valence-corrected chi connectivity index (χ4v) is 3.87. The molecule has 3 aliphatic carbocycles. The summed E-state index contributed by atoms with van der Waals surface area (Å²) in [6, 6.07) is 0. The number of amides is 1. The summed E-state index contributed by atoms with van der Waals surface area (Å²) in [5, 5.41) is 7.09. The van der Waals surface area contributed by atoms with E-state index in [0.717, 1.165) is 37.0 Å². The fraction of sp³-hybridized carbons (Fsp3) is 0.750. The molecule has 0 radical (unpaired) electrons. The second kappa shape index (κ2) is 4.61. The average Bonchev–Trinajstić information content (AvgIpc) is 3.11. The number of nitrogens with one attached hydrogen (secondary N) is 1. The lowest BCUT2D eigenvalue weighted by atomic mass is 9.79. The Morgan fingerprint density at radius 1 is 1.15 bits per heavy atom. The van der Waals surface area contributed by atoms with Crippen LogP contribution in [0.3, 0.4) is 0 Å². The van der Waals surface area contributed by atoms with Gasteiger partial charge in [0.25, 0.3) is 0 Å². The first-order chi connectivity index (χ1) is 9.76. The molecular weight excluding hydrogens is 252 g/mol. The number of fused-ring (bicyclic) bond motifs is 1. The molecule has 0 unspecified atom stereocenters. The number of rotatable bonds is 2. The van der Waals surface area contributed by atoms with Crippen LogP contribution >= 0.6 is 0 Å². The van der Waals surface area contributed by atoms with Gasteiger partial charge in [-0.2, -0.15) is 0 Å². The second-order valence-electron chi connectivity index (χ2n) is 6.90. The van der Waals surface area contributed by atoms with Gasteiger partial charge in [-0.1, -0.05) is 5.16 Å². The molecule has 4 heteroatoms. The smallest absolute Gasteiger partial charge is 0.228 e. The molecule has 1 aromatic rings. The van der Waals surface area contributed by atoms with Crippen LogP contribution in [0, 0.1) is 11.3 Å². The van der Waals surface area contributed by atoms with Crippen LogP contribution in [-0.2, 0) is 17.6 Å². The van der Waals surface area contributed by atoms with E-state index in [1.54, 1.807) is 0 Å². The topological polar surface area (TPSA) is 55.1 Å². The molecular formula is C16H22N2O2. The van der Waals surface area contributed by atoms with Crippen molar-refractivity contribution in [1.82, 2.24) is 5.16 Å². The zero-order valence-corrected chi connectivity index (χ0v) is 11.9. The third-order valence-corrected chi connectivity index (χ3v) is 5.57. The molecule has 0 aromatic carbocycles. The van der Waals surface area contributed by atoms with Crippen LogP contribution in [0.15, 0.2) is 4.52 Å². The number of hydrogen-bond acceptors (Lipinski definition) is 3. The summed E-state index contributed by atoms with van der Waals surface area (Å²) in [4.78, 5) is 12.4. The van der Waals surface area contributed by atoms with Crippen molar-refractivity contribution >= 4 is 11.7 Å². The Morgan fingerprint density at radius 2 is 1.90 bits per heavy atom. The van der Waals surface area contributed by atoms with Crippen molar-refractivity contribution in [3.8, 4) is 0 Å². The van der Waals surface area contributed by atoms with Crippen molar-refractivity contribution in [3.63, 3.8) is 0 Å². The third kappa shape index (κ3) is 2.15. The first kappa shape index (κ1) is 12.4. The largest absolute Gasteiger partial charge is 0.359 e. The Balaban J connectivity index is 1.41. The van der Waals surface area contributed by atoms with Crippen molar-refractivity contribution in [2.24, 2.45) is 11.3 Å². The summed E-state index contributed by atoms with van der Waals surface area (Å²) in [7, 11) is 0. The van der Waals surface area contributed by atoms with Gasteiger partial charge in [-0.15, -0.1) is 0 Å². The Morgan fingerprint density at radius 3 is 2.65 bits per heavy atom. The van der Waals surface area contributed by atoms with Gasteiger partial charge in [-0.05, 0) is 63.2 Å². The number of carbonyl (C=O) groups excluding carboxylic acids is 1. The van der Waals surface area contributed by atoms with E-state index in [1.807, 2.05) is 0 Å². The number of hydrogen-bond donors (Lipinski definition) is 1. The standard InChI is InChI=1S/C16H22N2O2/c19-15(11-5-7-16(8-6-11)9-10-16)17-14-12-3-1-2-4-13(12)20-18-14/h11H,1-10H2,(H,17,18,19). The molecule has 0 saturated heterocycles. The predicted octanol–water partition coefficient (Wildman–Crippen LogP) is 3.46. The van der Waals surface area contributed by atoms with Gasteiger partial charge in [0.05, 0.1) is 0 Å². The van der Waals surface area contributed by atoms with Crippen LogP contribution in [0.1, 0.15) is 62.7 Å². The highest BCUT2D eigenvalue weighted by Gasteiger charge is 2.45. The van der Waals surface area contributed by atoms with Crippen LogP contribution in [-0.4, -0.2) is 11.1 Å². The summed E-state index contributed by atoms with van der Waals surface area (Å²) < 4.78 is 5.35. The molecule has 1 heterocycles. The van der Waals surface area contributed by atoms with E-state index in [1.165, 1.54) is 38.5 Å². The molecule has 108 valence electrons. The van der Waals surface area contributed by atoms with E-state index in [2.05, 4.69) is 10.5 Å². The summed E-state index contributed by atoms with van der Waals surface area (Å²) in [6.45, 7) is 0. The van der Waals surface area contributed by atoms with Gasteiger partial charge in [0.1, 0.15) is 5.76 Å². The molecule has 1 amide bonds. The normalized spacial score (nSPS) is 24.4. The van der Waals surface area contributed by atoms with E-state index >= 15 is 0 Å². The maximum atomic E-state index is 12.4. The van der Waals surface area contributed by atoms with Crippen molar-refractivity contribution < 1.29 is 9.32 Å². The SMILES string of the molecule is O=C(Nc1noc2c1CCCC2)C1CCC2(CC1)CC2. The van der Waals surface area contributed by atoms with E-state index in [-0.39, 0.29) is 11.8 Å². The Hall–Kier alpha value is -1.32. The average molecular weight is 274 g/mol. The van der Waals surface area contributed by atoms with E-state index in [0.29, 0.717) is 11.2 Å². The molecule has 1 N–H and O–H groups in total. The molecule has 20 heavy (non-hydrogen) atoms. The van der Waals surface area contributed by atoms with Gasteiger partial charge in [-0.3, -0.25) is 4.79 Å². The van der Waals surface area contributed by atoms with Gasteiger partial charge in [0.2, 0.25) is 5.91 Å². The van der Waals surface area contributed by atoms with E-state index < -0.39 is 0 Å². The molecule has 4 rings (SSSR count). The van der Waals surface area contributed by atoms with Gasteiger partial charge < -0.3 is 9.84 Å². The minimum absolute atomic E-state index is 0.155. The van der Waals surface area contributed by atoms with Gasteiger partial charge in [0.15, 0.2) is 5.82 Å². The molecule has 2 fully saturated rings. The maximum Gasteiger partial charge on any atom is 0.228 e. The third-order valence-electron chi connectivity index (χ3n) is 5.57. The molecule has 0 atom stereocenters. The lowest BCUT2D eigenvalue weighted by Gasteiger charge is -2.27. The quantitative estimate of drug-likeness (QED) is 0.898. The molecule has 0 aliphatic heterocycles. The second-order valence-corrected chi connectivity index (χ2v) is 6.90. The number of aromatic nitrogens is 1. The van der Waals surface area contributed by atoms with Crippen molar-refractivity contribution in [3.05, 3.63) is 11.3 Å². The van der Waals surface area contributed by atoms with E-state index in [9.17, 15) is 4.79 Å².